The fourth-order valence-corrected chi connectivity index (χ4v) is 1.70. The lowest BCUT2D eigenvalue weighted by molar-refractivity contribution is 0.509. The molecule has 0 radical (unpaired) electrons. The summed E-state index contributed by atoms with van der Waals surface area (Å²) >= 11 is 0. The van der Waals surface area contributed by atoms with E-state index in [2.05, 4.69) is 0 Å². The highest BCUT2D eigenvalue weighted by atomic mass is 32.2. The van der Waals surface area contributed by atoms with Crippen molar-refractivity contribution in [1.29, 1.82) is 0 Å². The Morgan fingerprint density at radius 3 is 2.00 bits per heavy atom. The summed E-state index contributed by atoms with van der Waals surface area (Å²) in [6.07, 6.45) is 0.737. The Labute approximate surface area is 69.4 Å². The molecule has 0 N–H and O–H groups in total. The van der Waals surface area contributed by atoms with E-state index in [1.165, 1.54) is 4.31 Å². The van der Waals surface area contributed by atoms with Crippen LogP contribution in [0.4, 0.5) is 0 Å². The number of sulfonamides is 1. The van der Waals surface area contributed by atoms with Gasteiger partial charge < -0.3 is 0 Å². The number of hydrogen-bond donors (Lipinski definition) is 0. The normalized spacial score (nSPS) is 12.9. The van der Waals surface area contributed by atoms with Crippen molar-refractivity contribution < 1.29 is 8.42 Å². The standard InChI is InChI=1S/C7H17NO2S/c1-7(2)5-6-11(9,10)8(3)4/h7H,5-6H2,1-4H3. The molecule has 0 atom stereocenters. The van der Waals surface area contributed by atoms with Crippen molar-refractivity contribution in [3.8, 4) is 0 Å². The lowest BCUT2D eigenvalue weighted by Crippen LogP contribution is -2.25. The Hall–Kier alpha value is -0.0900. The molecule has 0 aliphatic rings. The summed E-state index contributed by atoms with van der Waals surface area (Å²) in [4.78, 5) is 0. The number of nitrogens with zero attached hydrogens (tertiary/aromatic N) is 1. The number of rotatable bonds is 4. The zero-order chi connectivity index (χ0) is 9.07. The highest BCUT2D eigenvalue weighted by Gasteiger charge is 2.13. The van der Waals surface area contributed by atoms with E-state index in [0.717, 1.165) is 6.42 Å². The average Bonchev–Trinajstić information content (AvgIpc) is 1.84. The molecule has 0 aromatic heterocycles. The van der Waals surface area contributed by atoms with E-state index in [9.17, 15) is 8.42 Å². The second kappa shape index (κ2) is 4.07. The van der Waals surface area contributed by atoms with Gasteiger partial charge in [-0.25, -0.2) is 12.7 Å². The lowest BCUT2D eigenvalue weighted by Gasteiger charge is -2.11. The summed E-state index contributed by atoms with van der Waals surface area (Å²) in [5, 5.41) is 0. The molecular formula is C7H17NO2S. The van der Waals surface area contributed by atoms with Crippen molar-refractivity contribution in [2.75, 3.05) is 19.8 Å². The van der Waals surface area contributed by atoms with Crippen LogP contribution in [0.15, 0.2) is 0 Å². The molecule has 0 saturated carbocycles. The monoisotopic (exact) mass is 179 g/mol. The van der Waals surface area contributed by atoms with E-state index in [4.69, 9.17) is 0 Å². The molecule has 0 amide bonds. The summed E-state index contributed by atoms with van der Waals surface area (Å²) in [5.74, 6) is 0.710. The van der Waals surface area contributed by atoms with Gasteiger partial charge in [-0.1, -0.05) is 13.8 Å². The maximum atomic E-state index is 11.2. The highest BCUT2D eigenvalue weighted by Crippen LogP contribution is 2.04. The van der Waals surface area contributed by atoms with Crippen LogP contribution in [-0.4, -0.2) is 32.6 Å². The van der Waals surface area contributed by atoms with Crippen molar-refractivity contribution >= 4 is 10.0 Å². The first-order valence-electron chi connectivity index (χ1n) is 3.76. The second-order valence-electron chi connectivity index (χ2n) is 3.28. The van der Waals surface area contributed by atoms with Gasteiger partial charge in [0.05, 0.1) is 5.75 Å². The molecule has 0 spiro atoms. The van der Waals surface area contributed by atoms with Crippen molar-refractivity contribution in [3.05, 3.63) is 0 Å². The molecule has 0 heterocycles. The molecule has 0 aromatic rings. The van der Waals surface area contributed by atoms with Crippen LogP contribution in [0.5, 0.6) is 0 Å². The number of hydrogen-bond acceptors (Lipinski definition) is 2. The molecule has 0 saturated heterocycles. The summed E-state index contributed by atoms with van der Waals surface area (Å²) in [5.41, 5.74) is 0. The summed E-state index contributed by atoms with van der Waals surface area (Å²) in [6, 6.07) is 0. The summed E-state index contributed by atoms with van der Waals surface area (Å²) < 4.78 is 23.6. The van der Waals surface area contributed by atoms with E-state index in [0.29, 0.717) is 5.92 Å². The lowest BCUT2D eigenvalue weighted by atomic mass is 10.2. The van der Waals surface area contributed by atoms with E-state index in [1.54, 1.807) is 14.1 Å². The predicted molar refractivity (Wildman–Crippen MR) is 46.9 cm³/mol. The van der Waals surface area contributed by atoms with Gasteiger partial charge in [-0.3, -0.25) is 0 Å². The minimum Gasteiger partial charge on any atom is -0.212 e. The Kier molecular flexibility index (Phi) is 4.03. The van der Waals surface area contributed by atoms with E-state index < -0.39 is 10.0 Å². The van der Waals surface area contributed by atoms with Crippen LogP contribution in [-0.2, 0) is 10.0 Å². The van der Waals surface area contributed by atoms with E-state index in [1.807, 2.05) is 13.8 Å². The molecule has 3 nitrogen and oxygen atoms in total. The molecule has 0 bridgehead atoms. The summed E-state index contributed by atoms with van der Waals surface area (Å²) in [6.45, 7) is 4.04. The average molecular weight is 179 g/mol. The summed E-state index contributed by atoms with van der Waals surface area (Å²) in [7, 11) is 0.170. The van der Waals surface area contributed by atoms with Crippen molar-refractivity contribution in [2.45, 2.75) is 20.3 Å². The van der Waals surface area contributed by atoms with Gasteiger partial charge in [-0.15, -0.1) is 0 Å². The molecule has 68 valence electrons. The fourth-order valence-electron chi connectivity index (χ4n) is 0.567. The van der Waals surface area contributed by atoms with Crippen LogP contribution >= 0.6 is 0 Å². The molecule has 11 heavy (non-hydrogen) atoms. The first-order chi connectivity index (χ1) is 4.86. The van der Waals surface area contributed by atoms with Crippen LogP contribution in [0, 0.1) is 5.92 Å². The molecule has 0 aliphatic heterocycles. The van der Waals surface area contributed by atoms with Crippen LogP contribution in [0.2, 0.25) is 0 Å². The zero-order valence-corrected chi connectivity index (χ0v) is 8.48. The molecule has 0 fully saturated rings. The Morgan fingerprint density at radius 2 is 1.73 bits per heavy atom. The molecule has 0 unspecified atom stereocenters. The largest absolute Gasteiger partial charge is 0.213 e. The van der Waals surface area contributed by atoms with E-state index in [-0.39, 0.29) is 5.75 Å². The second-order valence-corrected chi connectivity index (χ2v) is 5.58. The molecular weight excluding hydrogens is 162 g/mol. The fraction of sp³-hybridized carbons (Fsp3) is 1.00. The van der Waals surface area contributed by atoms with E-state index >= 15 is 0 Å². The van der Waals surface area contributed by atoms with Gasteiger partial charge in [-0.05, 0) is 12.3 Å². The molecule has 0 rings (SSSR count). The van der Waals surface area contributed by atoms with Gasteiger partial charge in [-0.2, -0.15) is 0 Å². The SMILES string of the molecule is CC(C)CCS(=O)(=O)N(C)C. The highest BCUT2D eigenvalue weighted by molar-refractivity contribution is 7.89. The maximum Gasteiger partial charge on any atom is 0.213 e. The van der Waals surface area contributed by atoms with Crippen molar-refractivity contribution in [2.24, 2.45) is 5.92 Å². The van der Waals surface area contributed by atoms with Crippen LogP contribution < -0.4 is 0 Å². The third kappa shape index (κ3) is 4.37. The van der Waals surface area contributed by atoms with Crippen LogP contribution in [0.3, 0.4) is 0 Å². The first kappa shape index (κ1) is 10.9. The van der Waals surface area contributed by atoms with Gasteiger partial charge >= 0.3 is 0 Å². The van der Waals surface area contributed by atoms with Gasteiger partial charge in [0, 0.05) is 14.1 Å². The van der Waals surface area contributed by atoms with Crippen LogP contribution in [0.1, 0.15) is 20.3 Å². The maximum absolute atomic E-state index is 11.2. The minimum atomic E-state index is -2.96. The molecule has 4 heteroatoms. The Bertz CT molecular complexity index is 194. The van der Waals surface area contributed by atoms with Crippen molar-refractivity contribution in [1.82, 2.24) is 4.31 Å². The minimum absolute atomic E-state index is 0.262. The third-order valence-corrected chi connectivity index (χ3v) is 3.37. The quantitative estimate of drug-likeness (QED) is 0.643. The zero-order valence-electron chi connectivity index (χ0n) is 7.66. The van der Waals surface area contributed by atoms with Crippen molar-refractivity contribution in [3.63, 3.8) is 0 Å². The topological polar surface area (TPSA) is 37.4 Å². The van der Waals surface area contributed by atoms with Gasteiger partial charge in [0.25, 0.3) is 0 Å². The Morgan fingerprint density at radius 1 is 1.27 bits per heavy atom. The third-order valence-electron chi connectivity index (χ3n) is 1.51. The predicted octanol–water partition coefficient (Wildman–Crippen LogP) is 0.924. The molecule has 0 aromatic carbocycles. The first-order valence-corrected chi connectivity index (χ1v) is 5.37. The van der Waals surface area contributed by atoms with Gasteiger partial charge in [0.2, 0.25) is 10.0 Å². The van der Waals surface area contributed by atoms with Crippen LogP contribution in [0.25, 0.3) is 0 Å². The smallest absolute Gasteiger partial charge is 0.212 e. The Balaban J connectivity index is 3.95. The molecule has 0 aliphatic carbocycles. The van der Waals surface area contributed by atoms with Gasteiger partial charge in [0.15, 0.2) is 0 Å². The van der Waals surface area contributed by atoms with Gasteiger partial charge in [0.1, 0.15) is 0 Å².